The van der Waals surface area contributed by atoms with Gasteiger partial charge >= 0.3 is 5.97 Å². The van der Waals surface area contributed by atoms with E-state index in [1.807, 2.05) is 0 Å². The highest BCUT2D eigenvalue weighted by molar-refractivity contribution is 5.84. The van der Waals surface area contributed by atoms with Crippen molar-refractivity contribution in [3.05, 3.63) is 35.6 Å². The first kappa shape index (κ1) is 17.1. The minimum atomic E-state index is -1.23. The SMILES string of the molecule is COCCOCC(=O)N[C@H](Cc1ccccc1F)C(=O)O. The standard InChI is InChI=1S/C14H18FNO5/c1-20-6-7-21-9-13(17)16-12(14(18)19)8-10-4-2-3-5-11(10)15/h2-5,12H,6-9H2,1H3,(H,16,17)(H,18,19)/t12-/m1/s1. The van der Waals surface area contributed by atoms with Gasteiger partial charge in [0.2, 0.25) is 5.91 Å². The highest BCUT2D eigenvalue weighted by Crippen LogP contribution is 2.09. The number of nitrogens with one attached hydrogen (secondary N) is 1. The monoisotopic (exact) mass is 299 g/mol. The lowest BCUT2D eigenvalue weighted by Gasteiger charge is -2.15. The van der Waals surface area contributed by atoms with Crippen LogP contribution in [0.1, 0.15) is 5.56 Å². The summed E-state index contributed by atoms with van der Waals surface area (Å²) in [6.07, 6.45) is -0.133. The Kier molecular flexibility index (Phi) is 7.34. The van der Waals surface area contributed by atoms with E-state index in [0.29, 0.717) is 6.61 Å². The third-order valence-corrected chi connectivity index (χ3v) is 2.68. The number of carboxylic acids is 1. The molecule has 0 aliphatic carbocycles. The first-order valence-electron chi connectivity index (χ1n) is 6.37. The largest absolute Gasteiger partial charge is 0.480 e. The highest BCUT2D eigenvalue weighted by atomic mass is 19.1. The van der Waals surface area contributed by atoms with Gasteiger partial charge in [-0.1, -0.05) is 18.2 Å². The van der Waals surface area contributed by atoms with Gasteiger partial charge in [0.1, 0.15) is 18.5 Å². The predicted octanol–water partition coefficient (Wildman–Crippen LogP) is 0.601. The van der Waals surface area contributed by atoms with Crippen LogP contribution in [0, 0.1) is 5.82 Å². The normalized spacial score (nSPS) is 11.9. The fraction of sp³-hybridized carbons (Fsp3) is 0.429. The molecule has 21 heavy (non-hydrogen) atoms. The van der Waals surface area contributed by atoms with Crippen LogP contribution < -0.4 is 5.32 Å². The number of carbonyl (C=O) groups excluding carboxylic acids is 1. The average molecular weight is 299 g/mol. The lowest BCUT2D eigenvalue weighted by molar-refractivity contribution is -0.142. The Morgan fingerprint density at radius 2 is 2.05 bits per heavy atom. The van der Waals surface area contributed by atoms with Crippen molar-refractivity contribution in [3.63, 3.8) is 0 Å². The van der Waals surface area contributed by atoms with Crippen molar-refractivity contribution in [1.82, 2.24) is 5.32 Å². The number of halogens is 1. The Morgan fingerprint density at radius 1 is 1.33 bits per heavy atom. The topological polar surface area (TPSA) is 84.9 Å². The van der Waals surface area contributed by atoms with Crippen molar-refractivity contribution >= 4 is 11.9 Å². The molecule has 0 spiro atoms. The minimum Gasteiger partial charge on any atom is -0.480 e. The summed E-state index contributed by atoms with van der Waals surface area (Å²) < 4.78 is 23.2. The summed E-state index contributed by atoms with van der Waals surface area (Å²) in [6.45, 7) is 0.296. The molecule has 0 heterocycles. The molecule has 116 valence electrons. The van der Waals surface area contributed by atoms with E-state index in [-0.39, 0.29) is 25.2 Å². The number of carboxylic acid groups (broad SMARTS) is 1. The van der Waals surface area contributed by atoms with E-state index < -0.39 is 23.7 Å². The zero-order chi connectivity index (χ0) is 15.7. The Hall–Kier alpha value is -1.99. The maximum Gasteiger partial charge on any atom is 0.326 e. The molecule has 0 radical (unpaired) electrons. The Balaban J connectivity index is 2.52. The van der Waals surface area contributed by atoms with Gasteiger partial charge in [0, 0.05) is 13.5 Å². The summed E-state index contributed by atoms with van der Waals surface area (Å²) in [5.41, 5.74) is 0.227. The summed E-state index contributed by atoms with van der Waals surface area (Å²) in [5.74, 6) is -2.31. The second-order valence-electron chi connectivity index (χ2n) is 4.30. The zero-order valence-corrected chi connectivity index (χ0v) is 11.7. The third-order valence-electron chi connectivity index (χ3n) is 2.68. The van der Waals surface area contributed by atoms with Crippen molar-refractivity contribution in [2.45, 2.75) is 12.5 Å². The fourth-order valence-corrected chi connectivity index (χ4v) is 1.63. The number of amides is 1. The molecule has 0 aliphatic heterocycles. The first-order chi connectivity index (χ1) is 10.0. The first-order valence-corrected chi connectivity index (χ1v) is 6.37. The van der Waals surface area contributed by atoms with Crippen molar-refractivity contribution in [2.24, 2.45) is 0 Å². The molecule has 0 aliphatic rings. The van der Waals surface area contributed by atoms with Crippen LogP contribution in [0.15, 0.2) is 24.3 Å². The number of ether oxygens (including phenoxy) is 2. The van der Waals surface area contributed by atoms with Gasteiger partial charge in [-0.15, -0.1) is 0 Å². The second kappa shape index (κ2) is 9.04. The van der Waals surface area contributed by atoms with Crippen LogP contribution in [-0.4, -0.2) is 50.0 Å². The van der Waals surface area contributed by atoms with Crippen molar-refractivity contribution in [3.8, 4) is 0 Å². The van der Waals surface area contributed by atoms with Crippen molar-refractivity contribution in [2.75, 3.05) is 26.9 Å². The summed E-state index contributed by atoms with van der Waals surface area (Å²) in [7, 11) is 1.50. The maximum absolute atomic E-state index is 13.5. The molecule has 0 bridgehead atoms. The molecule has 0 saturated carbocycles. The molecule has 0 fully saturated rings. The van der Waals surface area contributed by atoms with Crippen LogP contribution in [0.5, 0.6) is 0 Å². The van der Waals surface area contributed by atoms with Crippen LogP contribution in [0.2, 0.25) is 0 Å². The number of hydrogen-bond acceptors (Lipinski definition) is 4. The summed E-state index contributed by atoms with van der Waals surface area (Å²) >= 11 is 0. The second-order valence-corrected chi connectivity index (χ2v) is 4.30. The van der Waals surface area contributed by atoms with Gasteiger partial charge in [-0.2, -0.15) is 0 Å². The molecule has 1 amide bonds. The summed E-state index contributed by atoms with van der Waals surface area (Å²) in [4.78, 5) is 22.7. The maximum atomic E-state index is 13.5. The molecule has 0 unspecified atom stereocenters. The smallest absolute Gasteiger partial charge is 0.326 e. The summed E-state index contributed by atoms with van der Waals surface area (Å²) in [6, 6.07) is 4.63. The quantitative estimate of drug-likeness (QED) is 0.652. The Morgan fingerprint density at radius 3 is 2.67 bits per heavy atom. The molecular weight excluding hydrogens is 281 g/mol. The highest BCUT2D eigenvalue weighted by Gasteiger charge is 2.21. The van der Waals surface area contributed by atoms with E-state index in [1.54, 1.807) is 6.07 Å². The van der Waals surface area contributed by atoms with Gasteiger partial charge in [0.25, 0.3) is 0 Å². The molecule has 0 aromatic heterocycles. The lowest BCUT2D eigenvalue weighted by Crippen LogP contribution is -2.44. The number of carbonyl (C=O) groups is 2. The third kappa shape index (κ3) is 6.33. The molecule has 1 atom stereocenters. The van der Waals surface area contributed by atoms with E-state index in [4.69, 9.17) is 14.6 Å². The van der Waals surface area contributed by atoms with Gasteiger partial charge < -0.3 is 19.9 Å². The van der Waals surface area contributed by atoms with Crippen LogP contribution in [0.4, 0.5) is 4.39 Å². The zero-order valence-electron chi connectivity index (χ0n) is 11.7. The van der Waals surface area contributed by atoms with Gasteiger partial charge in [0.05, 0.1) is 13.2 Å². The minimum absolute atomic E-state index is 0.133. The molecule has 7 heteroatoms. The molecule has 0 saturated heterocycles. The number of rotatable bonds is 9. The molecular formula is C14H18FNO5. The average Bonchev–Trinajstić information content (AvgIpc) is 2.45. The molecule has 1 aromatic rings. The molecule has 6 nitrogen and oxygen atoms in total. The van der Waals surface area contributed by atoms with Gasteiger partial charge in [0.15, 0.2) is 0 Å². The molecule has 1 aromatic carbocycles. The van der Waals surface area contributed by atoms with Crippen LogP contribution in [0.3, 0.4) is 0 Å². The van der Waals surface area contributed by atoms with E-state index in [2.05, 4.69) is 5.32 Å². The fourth-order valence-electron chi connectivity index (χ4n) is 1.63. The van der Waals surface area contributed by atoms with Gasteiger partial charge in [-0.3, -0.25) is 4.79 Å². The van der Waals surface area contributed by atoms with Crippen LogP contribution in [0.25, 0.3) is 0 Å². The number of aliphatic carboxylic acids is 1. The summed E-state index contributed by atoms with van der Waals surface area (Å²) in [5, 5.41) is 11.4. The van der Waals surface area contributed by atoms with Crippen molar-refractivity contribution in [1.29, 1.82) is 0 Å². The Bertz CT molecular complexity index is 480. The van der Waals surface area contributed by atoms with Gasteiger partial charge in [-0.05, 0) is 11.6 Å². The van der Waals surface area contributed by atoms with Crippen LogP contribution in [-0.2, 0) is 25.5 Å². The number of benzene rings is 1. The number of hydrogen-bond donors (Lipinski definition) is 2. The molecule has 1 rings (SSSR count). The van der Waals surface area contributed by atoms with E-state index in [0.717, 1.165) is 0 Å². The number of methoxy groups -OCH3 is 1. The Labute approximate surface area is 121 Å². The van der Waals surface area contributed by atoms with Crippen LogP contribution >= 0.6 is 0 Å². The molecule has 2 N–H and O–H groups in total. The van der Waals surface area contributed by atoms with E-state index in [9.17, 15) is 14.0 Å². The van der Waals surface area contributed by atoms with Crippen molar-refractivity contribution < 1.29 is 28.6 Å². The van der Waals surface area contributed by atoms with E-state index in [1.165, 1.54) is 25.3 Å². The predicted molar refractivity (Wildman–Crippen MR) is 72.4 cm³/mol. The van der Waals surface area contributed by atoms with E-state index >= 15 is 0 Å². The van der Waals surface area contributed by atoms with Gasteiger partial charge in [-0.25, -0.2) is 9.18 Å². The lowest BCUT2D eigenvalue weighted by atomic mass is 10.1.